The van der Waals surface area contributed by atoms with E-state index in [9.17, 15) is 9.59 Å². The fourth-order valence-corrected chi connectivity index (χ4v) is 4.39. The highest BCUT2D eigenvalue weighted by atomic mass is 16.1. The Bertz CT molecular complexity index is 1610. The molecule has 1 amide bonds. The van der Waals surface area contributed by atoms with Crippen molar-refractivity contribution in [3.8, 4) is 22.5 Å². The molecule has 0 spiro atoms. The van der Waals surface area contributed by atoms with Crippen LogP contribution in [0.15, 0.2) is 79.1 Å². The molecule has 2 aromatic heterocycles. The Morgan fingerprint density at radius 1 is 0.946 bits per heavy atom. The highest BCUT2D eigenvalue weighted by Gasteiger charge is 2.17. The fraction of sp³-hybridized carbons (Fsp3) is 0.161. The molecule has 6 heteroatoms. The van der Waals surface area contributed by atoms with Gasteiger partial charge in [-0.1, -0.05) is 69.3 Å². The van der Waals surface area contributed by atoms with E-state index in [1.165, 1.54) is 11.9 Å². The van der Waals surface area contributed by atoms with E-state index < -0.39 is 0 Å². The molecule has 0 aliphatic rings. The van der Waals surface area contributed by atoms with Gasteiger partial charge in [0.1, 0.15) is 18.3 Å². The quantitative estimate of drug-likeness (QED) is 0.262. The van der Waals surface area contributed by atoms with E-state index in [-0.39, 0.29) is 11.3 Å². The van der Waals surface area contributed by atoms with Crippen LogP contribution in [-0.4, -0.2) is 27.1 Å². The van der Waals surface area contributed by atoms with Crippen molar-refractivity contribution in [1.29, 1.82) is 0 Å². The summed E-state index contributed by atoms with van der Waals surface area (Å²) in [6, 6.07) is 22.9. The molecule has 5 rings (SSSR count). The van der Waals surface area contributed by atoms with Gasteiger partial charge in [0.2, 0.25) is 0 Å². The van der Waals surface area contributed by atoms with Crippen molar-refractivity contribution < 1.29 is 9.59 Å². The number of anilines is 1. The first-order valence-corrected chi connectivity index (χ1v) is 12.2. The molecule has 0 aliphatic carbocycles. The van der Waals surface area contributed by atoms with E-state index in [2.05, 4.69) is 41.0 Å². The summed E-state index contributed by atoms with van der Waals surface area (Å²) in [5.74, 6) is -0.156. The number of rotatable bonds is 5. The summed E-state index contributed by atoms with van der Waals surface area (Å²) in [6.07, 6.45) is 2.36. The zero-order valence-electron chi connectivity index (χ0n) is 21.3. The van der Waals surface area contributed by atoms with Crippen LogP contribution in [-0.2, 0) is 5.41 Å². The second-order valence-corrected chi connectivity index (χ2v) is 10.2. The summed E-state index contributed by atoms with van der Waals surface area (Å²) in [6.45, 7) is 8.43. The number of benzene rings is 3. The molecule has 0 unspecified atom stereocenters. The second-order valence-electron chi connectivity index (χ2n) is 10.2. The third-order valence-corrected chi connectivity index (χ3v) is 6.63. The normalized spacial score (nSPS) is 11.5. The van der Waals surface area contributed by atoms with Crippen molar-refractivity contribution in [3.63, 3.8) is 0 Å². The maximum absolute atomic E-state index is 13.0. The lowest BCUT2D eigenvalue weighted by Crippen LogP contribution is -2.15. The van der Waals surface area contributed by atoms with Crippen molar-refractivity contribution in [2.45, 2.75) is 33.1 Å². The van der Waals surface area contributed by atoms with Crippen LogP contribution in [0.5, 0.6) is 0 Å². The summed E-state index contributed by atoms with van der Waals surface area (Å²) in [7, 11) is 0. The lowest BCUT2D eigenvalue weighted by atomic mass is 9.86. The molecule has 0 bridgehead atoms. The lowest BCUT2D eigenvalue weighted by molar-refractivity contribution is 0.102. The predicted molar refractivity (Wildman–Crippen MR) is 148 cm³/mol. The van der Waals surface area contributed by atoms with Crippen LogP contribution in [0, 0.1) is 6.92 Å². The summed E-state index contributed by atoms with van der Waals surface area (Å²) in [4.78, 5) is 36.4. The molecular weight excluding hydrogens is 460 g/mol. The molecule has 0 atom stereocenters. The minimum absolute atomic E-state index is 0.0276. The molecule has 2 N–H and O–H groups in total. The van der Waals surface area contributed by atoms with Gasteiger partial charge in [-0.05, 0) is 53.3 Å². The van der Waals surface area contributed by atoms with Crippen molar-refractivity contribution in [3.05, 3.63) is 101 Å². The Balaban J connectivity index is 1.47. The van der Waals surface area contributed by atoms with Gasteiger partial charge in [0.25, 0.3) is 5.91 Å². The second kappa shape index (κ2) is 9.47. The van der Waals surface area contributed by atoms with Gasteiger partial charge in [-0.15, -0.1) is 0 Å². The first kappa shape index (κ1) is 24.1. The average molecular weight is 489 g/mol. The van der Waals surface area contributed by atoms with Gasteiger partial charge in [-0.2, -0.15) is 0 Å². The van der Waals surface area contributed by atoms with Crippen molar-refractivity contribution in [2.24, 2.45) is 0 Å². The van der Waals surface area contributed by atoms with E-state index >= 15 is 0 Å². The Kier molecular flexibility index (Phi) is 6.17. The highest BCUT2D eigenvalue weighted by Crippen LogP contribution is 2.34. The third kappa shape index (κ3) is 4.78. The minimum atomic E-state index is -0.156. The molecule has 0 fully saturated rings. The topological polar surface area (TPSA) is 87.7 Å². The molecule has 2 heterocycles. The van der Waals surface area contributed by atoms with Crippen molar-refractivity contribution in [2.75, 3.05) is 5.32 Å². The Labute approximate surface area is 215 Å². The zero-order chi connectivity index (χ0) is 26.2. The molecule has 37 heavy (non-hydrogen) atoms. The van der Waals surface area contributed by atoms with Crippen LogP contribution in [0.25, 0.3) is 33.5 Å². The number of fused-ring (bicyclic) bond motifs is 1. The Morgan fingerprint density at radius 2 is 1.68 bits per heavy atom. The number of amides is 1. The van der Waals surface area contributed by atoms with Gasteiger partial charge in [0.15, 0.2) is 0 Å². The molecule has 0 saturated carbocycles. The smallest absolute Gasteiger partial charge is 0.255 e. The van der Waals surface area contributed by atoms with Crippen LogP contribution < -0.4 is 5.32 Å². The SMILES string of the molecule is Cc1c(NC(=O)c2ccc(C(C)(C)C)cc2)cccc1-c1ncnc2[nH]c(-c3ccc(C=O)cc3)cc12. The number of hydrogen-bond donors (Lipinski definition) is 2. The zero-order valence-corrected chi connectivity index (χ0v) is 21.3. The molecular formula is C31H28N4O2. The number of nitrogens with one attached hydrogen (secondary N) is 2. The largest absolute Gasteiger partial charge is 0.339 e. The molecule has 5 aromatic rings. The van der Waals surface area contributed by atoms with Crippen LogP contribution in [0.1, 0.15) is 52.6 Å². The van der Waals surface area contributed by atoms with Gasteiger partial charge in [0.05, 0.1) is 5.69 Å². The van der Waals surface area contributed by atoms with Gasteiger partial charge >= 0.3 is 0 Å². The fourth-order valence-electron chi connectivity index (χ4n) is 4.39. The minimum Gasteiger partial charge on any atom is -0.339 e. The number of carbonyl (C=O) groups excluding carboxylic acids is 2. The number of aldehydes is 1. The number of H-pyrrole nitrogens is 1. The third-order valence-electron chi connectivity index (χ3n) is 6.63. The Morgan fingerprint density at radius 3 is 2.35 bits per heavy atom. The van der Waals surface area contributed by atoms with E-state index in [0.717, 1.165) is 45.4 Å². The number of carbonyl (C=O) groups is 2. The Hall–Kier alpha value is -4.58. The number of aromatic amines is 1. The van der Waals surface area contributed by atoms with Crippen LogP contribution in [0.3, 0.4) is 0 Å². The molecule has 0 radical (unpaired) electrons. The number of aromatic nitrogens is 3. The molecule has 184 valence electrons. The first-order chi connectivity index (χ1) is 17.7. The van der Waals surface area contributed by atoms with Gasteiger partial charge < -0.3 is 10.3 Å². The van der Waals surface area contributed by atoms with E-state index in [1.807, 2.05) is 67.6 Å². The van der Waals surface area contributed by atoms with E-state index in [4.69, 9.17) is 0 Å². The van der Waals surface area contributed by atoms with Gasteiger partial charge in [-0.25, -0.2) is 9.97 Å². The van der Waals surface area contributed by atoms with Crippen LogP contribution in [0.4, 0.5) is 5.69 Å². The van der Waals surface area contributed by atoms with Crippen molar-refractivity contribution in [1.82, 2.24) is 15.0 Å². The molecule has 0 aliphatic heterocycles. The maximum atomic E-state index is 13.0. The van der Waals surface area contributed by atoms with Crippen LogP contribution >= 0.6 is 0 Å². The van der Waals surface area contributed by atoms with E-state index in [1.54, 1.807) is 12.1 Å². The molecule has 6 nitrogen and oxygen atoms in total. The summed E-state index contributed by atoms with van der Waals surface area (Å²) in [5, 5.41) is 3.94. The molecule has 0 saturated heterocycles. The number of nitrogens with zero attached hydrogens (tertiary/aromatic N) is 2. The van der Waals surface area contributed by atoms with E-state index in [0.29, 0.717) is 16.8 Å². The van der Waals surface area contributed by atoms with Crippen molar-refractivity contribution >= 4 is 28.9 Å². The van der Waals surface area contributed by atoms with Gasteiger partial charge in [-0.3, -0.25) is 9.59 Å². The summed E-state index contributed by atoms with van der Waals surface area (Å²) >= 11 is 0. The lowest BCUT2D eigenvalue weighted by Gasteiger charge is -2.19. The highest BCUT2D eigenvalue weighted by molar-refractivity contribution is 6.05. The monoisotopic (exact) mass is 488 g/mol. The predicted octanol–water partition coefficient (Wildman–Crippen LogP) is 6.96. The standard InChI is InChI=1S/C31H28N4O2/c1-19-24(6-5-7-26(19)35-30(37)22-12-14-23(15-13-22)31(2,3)4)28-25-16-27(34-29(25)33-18-32-28)21-10-8-20(17-36)9-11-21/h5-18H,1-4H3,(H,35,37)(H,32,33,34). The summed E-state index contributed by atoms with van der Waals surface area (Å²) in [5.41, 5.74) is 8.33. The molecule has 3 aromatic carbocycles. The van der Waals surface area contributed by atoms with Crippen LogP contribution in [0.2, 0.25) is 0 Å². The first-order valence-electron chi connectivity index (χ1n) is 12.2. The maximum Gasteiger partial charge on any atom is 0.255 e. The average Bonchev–Trinajstić information content (AvgIpc) is 3.34. The number of hydrogen-bond acceptors (Lipinski definition) is 4. The summed E-state index contributed by atoms with van der Waals surface area (Å²) < 4.78 is 0. The van der Waals surface area contributed by atoms with Gasteiger partial charge in [0, 0.05) is 33.5 Å².